The van der Waals surface area contributed by atoms with E-state index in [1.165, 1.54) is 6.08 Å². The number of aromatic nitrogens is 2. The van der Waals surface area contributed by atoms with Crippen LogP contribution in [0.4, 0.5) is 5.69 Å². The zero-order valence-corrected chi connectivity index (χ0v) is 11.3. The van der Waals surface area contributed by atoms with Crippen LogP contribution in [-0.2, 0) is 11.8 Å². The second kappa shape index (κ2) is 5.52. The number of aryl methyl sites for hydroxylation is 3. The van der Waals surface area contributed by atoms with E-state index in [4.69, 9.17) is 0 Å². The topological polar surface area (TPSA) is 46.9 Å². The Hall–Kier alpha value is -2.36. The summed E-state index contributed by atoms with van der Waals surface area (Å²) in [4.78, 5) is 11.8. The first kappa shape index (κ1) is 13.1. The number of carbonyl (C=O) groups excluding carboxylic acids is 1. The van der Waals surface area contributed by atoms with Crippen molar-refractivity contribution >= 4 is 17.7 Å². The highest BCUT2D eigenvalue weighted by Gasteiger charge is 2.02. The molecule has 0 unspecified atom stereocenters. The lowest BCUT2D eigenvalue weighted by Gasteiger charge is -2.07. The Morgan fingerprint density at radius 1 is 1.37 bits per heavy atom. The molecule has 98 valence electrons. The minimum Gasteiger partial charge on any atom is -0.322 e. The SMILES string of the molecule is Cc1ccc(C)c(NC(=O)/C=C/c2cnn(C)c2)c1. The number of carbonyl (C=O) groups is 1. The minimum atomic E-state index is -0.141. The van der Waals surface area contributed by atoms with Crippen molar-refractivity contribution in [2.24, 2.45) is 7.05 Å². The average Bonchev–Trinajstić information content (AvgIpc) is 2.77. The summed E-state index contributed by atoms with van der Waals surface area (Å²) in [5.41, 5.74) is 3.92. The van der Waals surface area contributed by atoms with Gasteiger partial charge >= 0.3 is 0 Å². The second-order valence-electron chi connectivity index (χ2n) is 4.59. The molecule has 19 heavy (non-hydrogen) atoms. The Balaban J connectivity index is 2.05. The van der Waals surface area contributed by atoms with Gasteiger partial charge in [-0.05, 0) is 37.1 Å². The van der Waals surface area contributed by atoms with Crippen molar-refractivity contribution < 1.29 is 4.79 Å². The number of nitrogens with zero attached hydrogens (tertiary/aromatic N) is 2. The van der Waals surface area contributed by atoms with Crippen LogP contribution in [0.2, 0.25) is 0 Å². The molecule has 4 heteroatoms. The maximum Gasteiger partial charge on any atom is 0.248 e. The van der Waals surface area contributed by atoms with E-state index in [2.05, 4.69) is 10.4 Å². The average molecular weight is 255 g/mol. The number of hydrogen-bond donors (Lipinski definition) is 1. The summed E-state index contributed by atoms with van der Waals surface area (Å²) in [6.45, 7) is 3.97. The Bertz CT molecular complexity index is 626. The van der Waals surface area contributed by atoms with Crippen LogP contribution < -0.4 is 5.32 Å². The van der Waals surface area contributed by atoms with Gasteiger partial charge in [-0.25, -0.2) is 0 Å². The number of anilines is 1. The molecule has 0 atom stereocenters. The number of rotatable bonds is 3. The molecule has 0 fully saturated rings. The molecule has 1 heterocycles. The first-order chi connectivity index (χ1) is 9.04. The van der Waals surface area contributed by atoms with Crippen LogP contribution in [0.3, 0.4) is 0 Å². The maximum atomic E-state index is 11.8. The van der Waals surface area contributed by atoms with Gasteiger partial charge in [0.2, 0.25) is 5.91 Å². The van der Waals surface area contributed by atoms with E-state index < -0.39 is 0 Å². The van der Waals surface area contributed by atoms with Crippen molar-refractivity contribution in [2.45, 2.75) is 13.8 Å². The van der Waals surface area contributed by atoms with Crippen LogP contribution >= 0.6 is 0 Å². The quantitative estimate of drug-likeness (QED) is 0.857. The first-order valence-corrected chi connectivity index (χ1v) is 6.09. The molecule has 1 aromatic carbocycles. The van der Waals surface area contributed by atoms with E-state index in [0.717, 1.165) is 22.4 Å². The molecule has 1 aromatic heterocycles. The number of amides is 1. The summed E-state index contributed by atoms with van der Waals surface area (Å²) in [5.74, 6) is -0.141. The van der Waals surface area contributed by atoms with E-state index in [9.17, 15) is 4.79 Å². The molecule has 2 aromatic rings. The predicted molar refractivity (Wildman–Crippen MR) is 76.8 cm³/mol. The van der Waals surface area contributed by atoms with Crippen molar-refractivity contribution in [1.29, 1.82) is 0 Å². The molecule has 1 N–H and O–H groups in total. The molecule has 0 saturated heterocycles. The number of benzene rings is 1. The van der Waals surface area contributed by atoms with Crippen molar-refractivity contribution in [3.05, 3.63) is 53.4 Å². The van der Waals surface area contributed by atoms with Crippen molar-refractivity contribution in [3.63, 3.8) is 0 Å². The fourth-order valence-electron chi connectivity index (χ4n) is 1.74. The molecular formula is C15H17N3O. The van der Waals surface area contributed by atoms with E-state index >= 15 is 0 Å². The van der Waals surface area contributed by atoms with Crippen molar-refractivity contribution in [1.82, 2.24) is 9.78 Å². The summed E-state index contributed by atoms with van der Waals surface area (Å²) in [7, 11) is 1.84. The summed E-state index contributed by atoms with van der Waals surface area (Å²) in [6, 6.07) is 5.98. The van der Waals surface area contributed by atoms with Crippen LogP contribution in [0.15, 0.2) is 36.7 Å². The molecule has 0 aliphatic heterocycles. The van der Waals surface area contributed by atoms with Crippen LogP contribution in [0.25, 0.3) is 6.08 Å². The third-order valence-corrected chi connectivity index (χ3v) is 2.80. The maximum absolute atomic E-state index is 11.8. The van der Waals surface area contributed by atoms with E-state index in [1.807, 2.05) is 45.3 Å². The van der Waals surface area contributed by atoms with Gasteiger partial charge in [0.1, 0.15) is 0 Å². The summed E-state index contributed by atoms with van der Waals surface area (Å²) >= 11 is 0. The lowest BCUT2D eigenvalue weighted by atomic mass is 10.1. The van der Waals surface area contributed by atoms with Crippen molar-refractivity contribution in [2.75, 3.05) is 5.32 Å². The molecule has 4 nitrogen and oxygen atoms in total. The number of hydrogen-bond acceptors (Lipinski definition) is 2. The van der Waals surface area contributed by atoms with Crippen LogP contribution in [-0.4, -0.2) is 15.7 Å². The van der Waals surface area contributed by atoms with Crippen LogP contribution in [0, 0.1) is 13.8 Å². The highest BCUT2D eigenvalue weighted by molar-refractivity contribution is 6.02. The van der Waals surface area contributed by atoms with Gasteiger partial charge in [0.25, 0.3) is 0 Å². The molecular weight excluding hydrogens is 238 g/mol. The fourth-order valence-corrected chi connectivity index (χ4v) is 1.74. The van der Waals surface area contributed by atoms with E-state index in [1.54, 1.807) is 17.0 Å². The predicted octanol–water partition coefficient (Wildman–Crippen LogP) is 2.69. The zero-order chi connectivity index (χ0) is 13.8. The molecule has 0 saturated carbocycles. The molecule has 0 bridgehead atoms. The normalized spacial score (nSPS) is 10.9. The molecule has 1 amide bonds. The Labute approximate surface area is 112 Å². The standard InChI is InChI=1S/C15H17N3O/c1-11-4-5-12(2)14(8-11)17-15(19)7-6-13-9-16-18(3)10-13/h4-10H,1-3H3,(H,17,19)/b7-6+. The monoisotopic (exact) mass is 255 g/mol. The van der Waals surface area contributed by atoms with Gasteiger partial charge in [0.15, 0.2) is 0 Å². The van der Waals surface area contributed by atoms with Crippen molar-refractivity contribution in [3.8, 4) is 0 Å². The molecule has 0 spiro atoms. The molecule has 0 aliphatic carbocycles. The summed E-state index contributed by atoms with van der Waals surface area (Å²) < 4.78 is 1.70. The van der Waals surface area contributed by atoms with E-state index in [-0.39, 0.29) is 5.91 Å². The van der Waals surface area contributed by atoms with Gasteiger partial charge < -0.3 is 5.32 Å². The lowest BCUT2D eigenvalue weighted by molar-refractivity contribution is -0.111. The minimum absolute atomic E-state index is 0.141. The Morgan fingerprint density at radius 2 is 2.16 bits per heavy atom. The van der Waals surface area contributed by atoms with Gasteiger partial charge in [-0.2, -0.15) is 5.10 Å². The van der Waals surface area contributed by atoms with Gasteiger partial charge in [0, 0.05) is 30.6 Å². The van der Waals surface area contributed by atoms with Gasteiger partial charge in [-0.3, -0.25) is 9.48 Å². The highest BCUT2D eigenvalue weighted by atomic mass is 16.1. The van der Waals surface area contributed by atoms with Crippen LogP contribution in [0.5, 0.6) is 0 Å². The smallest absolute Gasteiger partial charge is 0.248 e. The van der Waals surface area contributed by atoms with Crippen LogP contribution in [0.1, 0.15) is 16.7 Å². The Morgan fingerprint density at radius 3 is 2.84 bits per heavy atom. The van der Waals surface area contributed by atoms with E-state index in [0.29, 0.717) is 0 Å². The second-order valence-corrected chi connectivity index (χ2v) is 4.59. The fraction of sp³-hybridized carbons (Fsp3) is 0.200. The lowest BCUT2D eigenvalue weighted by Crippen LogP contribution is -2.09. The first-order valence-electron chi connectivity index (χ1n) is 6.09. The largest absolute Gasteiger partial charge is 0.322 e. The van der Waals surface area contributed by atoms with Gasteiger partial charge in [-0.15, -0.1) is 0 Å². The number of nitrogens with one attached hydrogen (secondary N) is 1. The Kier molecular flexibility index (Phi) is 3.80. The molecule has 0 aliphatic rings. The third kappa shape index (κ3) is 3.55. The molecule has 2 rings (SSSR count). The summed E-state index contributed by atoms with van der Waals surface area (Å²) in [5, 5.41) is 6.91. The third-order valence-electron chi connectivity index (χ3n) is 2.80. The summed E-state index contributed by atoms with van der Waals surface area (Å²) in [6.07, 6.45) is 6.82. The van der Waals surface area contributed by atoms with Gasteiger partial charge in [-0.1, -0.05) is 12.1 Å². The zero-order valence-electron chi connectivity index (χ0n) is 11.3. The van der Waals surface area contributed by atoms with Gasteiger partial charge in [0.05, 0.1) is 6.20 Å². The molecule has 0 radical (unpaired) electrons. The highest BCUT2D eigenvalue weighted by Crippen LogP contribution is 2.16.